The van der Waals surface area contributed by atoms with Crippen molar-refractivity contribution < 1.29 is 4.79 Å². The minimum Gasteiger partial charge on any atom is -0.293 e. The van der Waals surface area contributed by atoms with E-state index < -0.39 is 0 Å². The molecule has 0 saturated heterocycles. The molecule has 1 unspecified atom stereocenters. The molecular weight excluding hydrogens is 250 g/mol. The number of unbranched alkanes of at least 4 members (excludes halogenated alkanes) is 2. The van der Waals surface area contributed by atoms with Gasteiger partial charge in [-0.25, -0.2) is 5.84 Å². The zero-order valence-electron chi connectivity index (χ0n) is 12.8. The Kier molecular flexibility index (Phi) is 7.26. The second-order valence-corrected chi connectivity index (χ2v) is 5.36. The lowest BCUT2D eigenvalue weighted by atomic mass is 10.0. The molecule has 0 aliphatic rings. The SMILES string of the molecule is CCCCCN(C(C)C)C(C(=O)NN)c1ccccc1. The molecule has 0 aromatic heterocycles. The predicted molar refractivity (Wildman–Crippen MR) is 82.9 cm³/mol. The fourth-order valence-corrected chi connectivity index (χ4v) is 2.44. The third kappa shape index (κ3) is 4.62. The van der Waals surface area contributed by atoms with Gasteiger partial charge < -0.3 is 0 Å². The fourth-order valence-electron chi connectivity index (χ4n) is 2.44. The van der Waals surface area contributed by atoms with Crippen LogP contribution in [0.25, 0.3) is 0 Å². The van der Waals surface area contributed by atoms with E-state index in [4.69, 9.17) is 5.84 Å². The largest absolute Gasteiger partial charge is 0.293 e. The highest BCUT2D eigenvalue weighted by atomic mass is 16.2. The van der Waals surface area contributed by atoms with Crippen molar-refractivity contribution >= 4 is 5.91 Å². The molecule has 0 heterocycles. The van der Waals surface area contributed by atoms with Gasteiger partial charge in [0.05, 0.1) is 0 Å². The number of nitrogens with one attached hydrogen (secondary N) is 1. The molecule has 4 nitrogen and oxygen atoms in total. The van der Waals surface area contributed by atoms with E-state index in [2.05, 4.69) is 31.1 Å². The molecule has 112 valence electrons. The van der Waals surface area contributed by atoms with Gasteiger partial charge in [0.1, 0.15) is 6.04 Å². The van der Waals surface area contributed by atoms with E-state index in [1.165, 1.54) is 12.8 Å². The highest BCUT2D eigenvalue weighted by molar-refractivity contribution is 5.82. The first-order valence-electron chi connectivity index (χ1n) is 7.43. The summed E-state index contributed by atoms with van der Waals surface area (Å²) in [6.07, 6.45) is 3.44. The highest BCUT2D eigenvalue weighted by Crippen LogP contribution is 2.23. The summed E-state index contributed by atoms with van der Waals surface area (Å²) in [5.41, 5.74) is 3.30. The molecule has 0 saturated carbocycles. The molecule has 1 atom stereocenters. The lowest BCUT2D eigenvalue weighted by molar-refractivity contribution is -0.127. The maximum atomic E-state index is 12.2. The first kappa shape index (κ1) is 16.7. The molecule has 4 heteroatoms. The van der Waals surface area contributed by atoms with Crippen molar-refractivity contribution in [2.45, 2.75) is 52.1 Å². The second kappa shape index (κ2) is 8.72. The zero-order valence-corrected chi connectivity index (χ0v) is 12.8. The van der Waals surface area contributed by atoms with E-state index in [0.29, 0.717) is 0 Å². The standard InChI is InChI=1S/C16H27N3O/c1-4-5-9-12-19(13(2)3)15(16(20)18-17)14-10-7-6-8-11-14/h6-8,10-11,13,15H,4-5,9,12,17H2,1-3H3,(H,18,20). The number of hydrogen-bond acceptors (Lipinski definition) is 3. The maximum absolute atomic E-state index is 12.2. The van der Waals surface area contributed by atoms with Crippen LogP contribution in [0, 0.1) is 0 Å². The molecule has 1 aromatic carbocycles. The van der Waals surface area contributed by atoms with Gasteiger partial charge >= 0.3 is 0 Å². The van der Waals surface area contributed by atoms with Gasteiger partial charge in [0.25, 0.3) is 5.91 Å². The van der Waals surface area contributed by atoms with Crippen LogP contribution in [0.1, 0.15) is 51.6 Å². The minimum absolute atomic E-state index is 0.151. The smallest absolute Gasteiger partial charge is 0.255 e. The predicted octanol–water partition coefficient (Wildman–Crippen LogP) is 2.62. The van der Waals surface area contributed by atoms with Crippen molar-refractivity contribution in [3.8, 4) is 0 Å². The van der Waals surface area contributed by atoms with Crippen LogP contribution in [0.3, 0.4) is 0 Å². The van der Waals surface area contributed by atoms with Gasteiger partial charge in [-0.1, -0.05) is 50.1 Å². The van der Waals surface area contributed by atoms with Crippen molar-refractivity contribution in [2.24, 2.45) is 5.84 Å². The van der Waals surface area contributed by atoms with E-state index in [1.807, 2.05) is 30.3 Å². The summed E-state index contributed by atoms with van der Waals surface area (Å²) in [6, 6.07) is 9.79. The van der Waals surface area contributed by atoms with Crippen LogP contribution in [0.15, 0.2) is 30.3 Å². The first-order valence-corrected chi connectivity index (χ1v) is 7.43. The topological polar surface area (TPSA) is 58.4 Å². The van der Waals surface area contributed by atoms with E-state index in [9.17, 15) is 4.79 Å². The average molecular weight is 277 g/mol. The van der Waals surface area contributed by atoms with Crippen LogP contribution in [-0.4, -0.2) is 23.4 Å². The zero-order chi connectivity index (χ0) is 15.0. The lowest BCUT2D eigenvalue weighted by Gasteiger charge is -2.34. The molecule has 1 aromatic rings. The van der Waals surface area contributed by atoms with E-state index in [0.717, 1.165) is 18.5 Å². The Labute approximate surface area is 122 Å². The molecule has 1 amide bonds. The quantitative estimate of drug-likeness (QED) is 0.332. The molecule has 20 heavy (non-hydrogen) atoms. The van der Waals surface area contributed by atoms with Crippen LogP contribution < -0.4 is 11.3 Å². The van der Waals surface area contributed by atoms with Crippen molar-refractivity contribution in [2.75, 3.05) is 6.54 Å². The van der Waals surface area contributed by atoms with Crippen molar-refractivity contribution in [3.05, 3.63) is 35.9 Å². The Morgan fingerprint density at radius 2 is 1.90 bits per heavy atom. The highest BCUT2D eigenvalue weighted by Gasteiger charge is 2.28. The van der Waals surface area contributed by atoms with Crippen LogP contribution in [0.4, 0.5) is 0 Å². The third-order valence-electron chi connectivity index (χ3n) is 3.52. The maximum Gasteiger partial charge on any atom is 0.255 e. The molecular formula is C16H27N3O. The van der Waals surface area contributed by atoms with Gasteiger partial charge in [-0.05, 0) is 32.4 Å². The van der Waals surface area contributed by atoms with Crippen LogP contribution >= 0.6 is 0 Å². The van der Waals surface area contributed by atoms with E-state index in [-0.39, 0.29) is 18.0 Å². The number of hydrazine groups is 1. The van der Waals surface area contributed by atoms with Crippen LogP contribution in [0.5, 0.6) is 0 Å². The number of hydrogen-bond donors (Lipinski definition) is 2. The molecule has 0 fully saturated rings. The lowest BCUT2D eigenvalue weighted by Crippen LogP contribution is -2.46. The Bertz CT molecular complexity index is 392. The molecule has 0 aliphatic heterocycles. The Hall–Kier alpha value is -1.39. The Morgan fingerprint density at radius 1 is 1.25 bits per heavy atom. The number of carbonyl (C=O) groups is 1. The Balaban J connectivity index is 2.96. The third-order valence-corrected chi connectivity index (χ3v) is 3.52. The van der Waals surface area contributed by atoms with E-state index >= 15 is 0 Å². The summed E-state index contributed by atoms with van der Waals surface area (Å²) < 4.78 is 0. The van der Waals surface area contributed by atoms with Crippen molar-refractivity contribution in [3.63, 3.8) is 0 Å². The molecule has 3 N–H and O–H groups in total. The molecule has 0 aliphatic carbocycles. The van der Waals surface area contributed by atoms with Gasteiger partial charge in [-0.15, -0.1) is 0 Å². The number of benzene rings is 1. The number of carbonyl (C=O) groups excluding carboxylic acids is 1. The van der Waals surface area contributed by atoms with E-state index in [1.54, 1.807) is 0 Å². The number of nitrogens with two attached hydrogens (primary N) is 1. The fraction of sp³-hybridized carbons (Fsp3) is 0.562. The number of rotatable bonds is 8. The van der Waals surface area contributed by atoms with Crippen molar-refractivity contribution in [1.29, 1.82) is 0 Å². The first-order chi connectivity index (χ1) is 9.61. The number of amides is 1. The monoisotopic (exact) mass is 277 g/mol. The van der Waals surface area contributed by atoms with Crippen LogP contribution in [0.2, 0.25) is 0 Å². The van der Waals surface area contributed by atoms with Gasteiger partial charge in [0.15, 0.2) is 0 Å². The minimum atomic E-state index is -0.321. The summed E-state index contributed by atoms with van der Waals surface area (Å²) in [6.45, 7) is 7.32. The van der Waals surface area contributed by atoms with Gasteiger partial charge in [-0.2, -0.15) is 0 Å². The normalized spacial score (nSPS) is 12.7. The number of nitrogens with zero attached hydrogens (tertiary/aromatic N) is 1. The molecule has 0 radical (unpaired) electrons. The van der Waals surface area contributed by atoms with Gasteiger partial charge in [0, 0.05) is 6.04 Å². The molecule has 0 bridgehead atoms. The summed E-state index contributed by atoms with van der Waals surface area (Å²) in [5.74, 6) is 5.23. The second-order valence-electron chi connectivity index (χ2n) is 5.36. The Morgan fingerprint density at radius 3 is 2.40 bits per heavy atom. The molecule has 1 rings (SSSR count). The summed E-state index contributed by atoms with van der Waals surface area (Å²) in [5, 5.41) is 0. The summed E-state index contributed by atoms with van der Waals surface area (Å²) >= 11 is 0. The van der Waals surface area contributed by atoms with Gasteiger partial charge in [-0.3, -0.25) is 15.1 Å². The summed E-state index contributed by atoms with van der Waals surface area (Å²) in [7, 11) is 0. The molecule has 0 spiro atoms. The summed E-state index contributed by atoms with van der Waals surface area (Å²) in [4.78, 5) is 14.4. The van der Waals surface area contributed by atoms with Gasteiger partial charge in [0.2, 0.25) is 0 Å². The van der Waals surface area contributed by atoms with Crippen LogP contribution in [-0.2, 0) is 4.79 Å². The van der Waals surface area contributed by atoms with Crippen molar-refractivity contribution in [1.82, 2.24) is 10.3 Å². The average Bonchev–Trinajstić information content (AvgIpc) is 2.46.